The predicted octanol–water partition coefficient (Wildman–Crippen LogP) is 0.848. The van der Waals surface area contributed by atoms with E-state index in [1.165, 1.54) is 17.2 Å². The quantitative estimate of drug-likeness (QED) is 0.352. The summed E-state index contributed by atoms with van der Waals surface area (Å²) < 4.78 is 4.68. The van der Waals surface area contributed by atoms with Crippen molar-refractivity contribution >= 4 is 11.7 Å². The van der Waals surface area contributed by atoms with E-state index in [2.05, 4.69) is 19.8 Å². The first-order chi connectivity index (χ1) is 10.2. The van der Waals surface area contributed by atoms with Gasteiger partial charge in [-0.15, -0.1) is 0 Å². The first-order valence-electron chi connectivity index (χ1n) is 6.25. The second-order valence-electron chi connectivity index (χ2n) is 4.31. The SMILES string of the molecule is NC(CCN(Cc1cccnc1)C(=O)c1ccon1)=NO. The van der Waals surface area contributed by atoms with Gasteiger partial charge in [-0.2, -0.15) is 0 Å². The summed E-state index contributed by atoms with van der Waals surface area (Å²) in [5.41, 5.74) is 6.53. The van der Waals surface area contributed by atoms with Gasteiger partial charge in [0, 0.05) is 38.0 Å². The van der Waals surface area contributed by atoms with E-state index in [9.17, 15) is 4.79 Å². The maximum atomic E-state index is 12.4. The van der Waals surface area contributed by atoms with Crippen LogP contribution in [0.3, 0.4) is 0 Å². The normalized spacial score (nSPS) is 11.3. The molecule has 0 fully saturated rings. The van der Waals surface area contributed by atoms with E-state index in [1.54, 1.807) is 18.5 Å². The molecule has 3 N–H and O–H groups in total. The molecule has 2 aromatic rings. The van der Waals surface area contributed by atoms with Crippen molar-refractivity contribution in [1.82, 2.24) is 15.0 Å². The van der Waals surface area contributed by atoms with Crippen LogP contribution in [0.2, 0.25) is 0 Å². The lowest BCUT2D eigenvalue weighted by molar-refractivity contribution is 0.0737. The molecule has 0 unspecified atom stereocenters. The average molecular weight is 289 g/mol. The highest BCUT2D eigenvalue weighted by molar-refractivity contribution is 5.92. The number of nitrogens with zero attached hydrogens (tertiary/aromatic N) is 4. The number of hydrogen-bond acceptors (Lipinski definition) is 6. The fraction of sp³-hybridized carbons (Fsp3) is 0.231. The van der Waals surface area contributed by atoms with Crippen molar-refractivity contribution < 1.29 is 14.5 Å². The number of amides is 1. The van der Waals surface area contributed by atoms with E-state index in [1.807, 2.05) is 6.07 Å². The van der Waals surface area contributed by atoms with Gasteiger partial charge in [-0.1, -0.05) is 16.4 Å². The Morgan fingerprint density at radius 3 is 2.95 bits per heavy atom. The number of nitrogens with two attached hydrogens (primary N) is 1. The molecule has 0 aliphatic heterocycles. The molecule has 1 amide bonds. The zero-order chi connectivity index (χ0) is 15.1. The molecule has 0 saturated heterocycles. The number of rotatable bonds is 6. The van der Waals surface area contributed by atoms with Crippen molar-refractivity contribution in [2.45, 2.75) is 13.0 Å². The third-order valence-electron chi connectivity index (χ3n) is 2.81. The summed E-state index contributed by atoms with van der Waals surface area (Å²) in [5, 5.41) is 15.1. The van der Waals surface area contributed by atoms with Crippen molar-refractivity contribution in [1.29, 1.82) is 0 Å². The van der Waals surface area contributed by atoms with Crippen LogP contribution >= 0.6 is 0 Å². The van der Waals surface area contributed by atoms with Crippen molar-refractivity contribution in [2.24, 2.45) is 10.9 Å². The minimum Gasteiger partial charge on any atom is -0.409 e. The van der Waals surface area contributed by atoms with Crippen LogP contribution < -0.4 is 5.73 Å². The van der Waals surface area contributed by atoms with Crippen LogP contribution in [-0.4, -0.2) is 38.5 Å². The highest BCUT2D eigenvalue weighted by Gasteiger charge is 2.19. The summed E-state index contributed by atoms with van der Waals surface area (Å²) in [7, 11) is 0. The summed E-state index contributed by atoms with van der Waals surface area (Å²) in [5.74, 6) is -0.238. The minimum absolute atomic E-state index is 0.0548. The molecule has 0 saturated carbocycles. The maximum Gasteiger partial charge on any atom is 0.276 e. The van der Waals surface area contributed by atoms with Gasteiger partial charge in [0.2, 0.25) is 0 Å². The molecule has 21 heavy (non-hydrogen) atoms. The standard InChI is InChI=1S/C13H15N5O3/c14-12(16-20)3-6-18(9-10-2-1-5-15-8-10)13(19)11-4-7-21-17-11/h1-2,4-5,7-8,20H,3,6,9H2,(H2,14,16). The van der Waals surface area contributed by atoms with Crippen LogP contribution in [0.5, 0.6) is 0 Å². The average Bonchev–Trinajstić information content (AvgIpc) is 3.05. The Kier molecular flexibility index (Phi) is 4.86. The smallest absolute Gasteiger partial charge is 0.276 e. The number of carbonyl (C=O) groups is 1. The van der Waals surface area contributed by atoms with Crippen LogP contribution in [0.15, 0.2) is 46.5 Å². The summed E-state index contributed by atoms with van der Waals surface area (Å²) in [6.45, 7) is 0.634. The van der Waals surface area contributed by atoms with Gasteiger partial charge in [-0.3, -0.25) is 9.78 Å². The van der Waals surface area contributed by atoms with Gasteiger partial charge in [0.15, 0.2) is 5.69 Å². The van der Waals surface area contributed by atoms with E-state index in [4.69, 9.17) is 10.9 Å². The molecule has 110 valence electrons. The molecule has 0 radical (unpaired) electrons. The molecule has 0 atom stereocenters. The lowest BCUT2D eigenvalue weighted by Crippen LogP contribution is -2.34. The second kappa shape index (κ2) is 7.04. The van der Waals surface area contributed by atoms with Crippen LogP contribution in [0.4, 0.5) is 0 Å². The van der Waals surface area contributed by atoms with Gasteiger partial charge in [0.25, 0.3) is 5.91 Å². The van der Waals surface area contributed by atoms with Crippen molar-refractivity contribution in [3.8, 4) is 0 Å². The highest BCUT2D eigenvalue weighted by Crippen LogP contribution is 2.09. The van der Waals surface area contributed by atoms with E-state index in [0.29, 0.717) is 6.54 Å². The molecule has 0 aromatic carbocycles. The molecular formula is C13H15N5O3. The Bertz CT molecular complexity index is 598. The van der Waals surface area contributed by atoms with Crippen molar-refractivity contribution in [2.75, 3.05) is 6.54 Å². The van der Waals surface area contributed by atoms with Crippen LogP contribution in [0.25, 0.3) is 0 Å². The Labute approximate surface area is 120 Å². The number of pyridine rings is 1. The lowest BCUT2D eigenvalue weighted by Gasteiger charge is -2.21. The zero-order valence-corrected chi connectivity index (χ0v) is 11.2. The van der Waals surface area contributed by atoms with Gasteiger partial charge < -0.3 is 20.4 Å². The van der Waals surface area contributed by atoms with Gasteiger partial charge in [-0.05, 0) is 11.6 Å². The van der Waals surface area contributed by atoms with Gasteiger partial charge in [0.1, 0.15) is 12.1 Å². The first kappa shape index (κ1) is 14.5. The predicted molar refractivity (Wildman–Crippen MR) is 73.5 cm³/mol. The Balaban J connectivity index is 2.12. The number of carbonyl (C=O) groups excluding carboxylic acids is 1. The van der Waals surface area contributed by atoms with E-state index >= 15 is 0 Å². The summed E-state index contributed by atoms with van der Waals surface area (Å²) in [4.78, 5) is 17.9. The van der Waals surface area contributed by atoms with E-state index < -0.39 is 0 Å². The first-order valence-corrected chi connectivity index (χ1v) is 6.25. The third-order valence-corrected chi connectivity index (χ3v) is 2.81. The topological polar surface area (TPSA) is 118 Å². The fourth-order valence-electron chi connectivity index (χ4n) is 1.75. The largest absolute Gasteiger partial charge is 0.409 e. The summed E-state index contributed by atoms with van der Waals surface area (Å²) in [6.07, 6.45) is 4.91. The Morgan fingerprint density at radius 2 is 2.33 bits per heavy atom. The zero-order valence-electron chi connectivity index (χ0n) is 11.2. The van der Waals surface area contributed by atoms with Crippen LogP contribution in [0.1, 0.15) is 22.5 Å². The second-order valence-corrected chi connectivity index (χ2v) is 4.31. The summed E-state index contributed by atoms with van der Waals surface area (Å²) >= 11 is 0. The van der Waals surface area contributed by atoms with Crippen LogP contribution in [0, 0.1) is 0 Å². The molecule has 8 heteroatoms. The van der Waals surface area contributed by atoms with Crippen molar-refractivity contribution in [3.63, 3.8) is 0 Å². The van der Waals surface area contributed by atoms with E-state index in [-0.39, 0.29) is 30.4 Å². The molecular weight excluding hydrogens is 274 g/mol. The lowest BCUT2D eigenvalue weighted by atomic mass is 10.2. The molecule has 2 aromatic heterocycles. The third kappa shape index (κ3) is 4.03. The fourth-order valence-corrected chi connectivity index (χ4v) is 1.75. The van der Waals surface area contributed by atoms with Gasteiger partial charge in [0.05, 0.1) is 0 Å². The number of aromatic nitrogens is 2. The number of amidine groups is 1. The van der Waals surface area contributed by atoms with E-state index in [0.717, 1.165) is 5.56 Å². The molecule has 0 spiro atoms. The van der Waals surface area contributed by atoms with Gasteiger partial charge in [-0.25, -0.2) is 0 Å². The monoisotopic (exact) mass is 289 g/mol. The van der Waals surface area contributed by atoms with Gasteiger partial charge >= 0.3 is 0 Å². The van der Waals surface area contributed by atoms with Crippen molar-refractivity contribution in [3.05, 3.63) is 48.1 Å². The molecule has 2 heterocycles. The number of oxime groups is 1. The highest BCUT2D eigenvalue weighted by atomic mass is 16.5. The Hall–Kier alpha value is -2.90. The Morgan fingerprint density at radius 1 is 1.48 bits per heavy atom. The maximum absolute atomic E-state index is 12.4. The summed E-state index contributed by atoms with van der Waals surface area (Å²) in [6, 6.07) is 5.14. The number of hydrogen-bond donors (Lipinski definition) is 2. The molecule has 2 rings (SSSR count). The minimum atomic E-state index is -0.293. The molecule has 0 aliphatic rings. The molecule has 0 bridgehead atoms. The molecule has 8 nitrogen and oxygen atoms in total. The molecule has 0 aliphatic carbocycles. The van der Waals surface area contributed by atoms with Crippen LogP contribution in [-0.2, 0) is 6.54 Å².